The van der Waals surface area contributed by atoms with Gasteiger partial charge in [0.1, 0.15) is 0 Å². The number of carbonyl (C=O) groups excluding carboxylic acids is 1. The Morgan fingerprint density at radius 1 is 1.05 bits per heavy atom. The van der Waals surface area contributed by atoms with Crippen LogP contribution in [0.2, 0.25) is 0 Å². The first kappa shape index (κ1) is 17.6. The highest BCUT2D eigenvalue weighted by molar-refractivity contribution is 5.92. The van der Waals surface area contributed by atoms with E-state index < -0.39 is 5.91 Å². The molecule has 0 bridgehead atoms. The number of rotatable bonds is 12. The van der Waals surface area contributed by atoms with Gasteiger partial charge in [-0.05, 0) is 6.42 Å². The molecule has 1 aromatic heterocycles. The van der Waals surface area contributed by atoms with Gasteiger partial charge in [0.2, 0.25) is 5.91 Å². The van der Waals surface area contributed by atoms with E-state index in [1.165, 1.54) is 44.9 Å². The molecule has 1 heterocycles. The van der Waals surface area contributed by atoms with E-state index in [2.05, 4.69) is 6.92 Å². The molecule has 0 aliphatic carbocycles. The number of amides is 1. The van der Waals surface area contributed by atoms with Crippen molar-refractivity contribution in [1.29, 1.82) is 0 Å². The molecule has 0 saturated heterocycles. The minimum atomic E-state index is -0.401. The minimum absolute atomic E-state index is 0.401. The van der Waals surface area contributed by atoms with E-state index in [0.29, 0.717) is 12.3 Å². The van der Waals surface area contributed by atoms with Crippen molar-refractivity contribution in [3.05, 3.63) is 30.1 Å². The summed E-state index contributed by atoms with van der Waals surface area (Å²) < 4.78 is 7.51. The van der Waals surface area contributed by atoms with Crippen LogP contribution >= 0.6 is 0 Å². The van der Waals surface area contributed by atoms with E-state index >= 15 is 0 Å². The molecular formula is C17H29N2O2+. The molecular weight excluding hydrogens is 264 g/mol. The molecule has 0 aliphatic rings. The van der Waals surface area contributed by atoms with Crippen molar-refractivity contribution in [3.8, 4) is 0 Å². The number of hydrogen-bond acceptors (Lipinski definition) is 2. The summed E-state index contributed by atoms with van der Waals surface area (Å²) in [6, 6.07) is 3.42. The lowest BCUT2D eigenvalue weighted by Gasteiger charge is -2.02. The zero-order valence-corrected chi connectivity index (χ0v) is 13.2. The Labute approximate surface area is 128 Å². The molecule has 118 valence electrons. The van der Waals surface area contributed by atoms with E-state index in [4.69, 9.17) is 10.5 Å². The number of unbranched alkanes of at least 4 members (excludes halogenated alkanes) is 7. The summed E-state index contributed by atoms with van der Waals surface area (Å²) in [5, 5.41) is 0. The average Bonchev–Trinajstić information content (AvgIpc) is 2.49. The van der Waals surface area contributed by atoms with Crippen LogP contribution in [0.3, 0.4) is 0 Å². The monoisotopic (exact) mass is 293 g/mol. The van der Waals surface area contributed by atoms with E-state index in [1.54, 1.807) is 12.1 Å². The summed E-state index contributed by atoms with van der Waals surface area (Å²) in [6.07, 6.45) is 14.1. The van der Waals surface area contributed by atoms with Gasteiger partial charge in [0, 0.05) is 12.1 Å². The molecule has 0 unspecified atom stereocenters. The summed E-state index contributed by atoms with van der Waals surface area (Å²) >= 11 is 0. The van der Waals surface area contributed by atoms with Crippen molar-refractivity contribution >= 4 is 5.91 Å². The van der Waals surface area contributed by atoms with Gasteiger partial charge in [0.25, 0.3) is 6.73 Å². The summed E-state index contributed by atoms with van der Waals surface area (Å²) in [5.41, 5.74) is 5.71. The number of carbonyl (C=O) groups is 1. The predicted octanol–water partition coefficient (Wildman–Crippen LogP) is 3.19. The topological polar surface area (TPSA) is 56.2 Å². The van der Waals surface area contributed by atoms with Crippen LogP contribution in [0.4, 0.5) is 0 Å². The lowest BCUT2D eigenvalue weighted by molar-refractivity contribution is -0.732. The Balaban J connectivity index is 1.98. The molecule has 0 fully saturated rings. The van der Waals surface area contributed by atoms with Gasteiger partial charge in [0.15, 0.2) is 12.4 Å². The summed E-state index contributed by atoms with van der Waals surface area (Å²) in [6.45, 7) is 3.56. The Bertz CT molecular complexity index is 390. The van der Waals surface area contributed by atoms with Gasteiger partial charge < -0.3 is 10.5 Å². The fourth-order valence-electron chi connectivity index (χ4n) is 2.22. The van der Waals surface area contributed by atoms with Gasteiger partial charge in [0.05, 0.1) is 12.2 Å². The van der Waals surface area contributed by atoms with Crippen molar-refractivity contribution in [2.45, 2.75) is 65.0 Å². The Morgan fingerprint density at radius 2 is 1.62 bits per heavy atom. The maximum Gasteiger partial charge on any atom is 0.252 e. The first-order valence-corrected chi connectivity index (χ1v) is 8.10. The van der Waals surface area contributed by atoms with Crippen LogP contribution < -0.4 is 10.3 Å². The van der Waals surface area contributed by atoms with Crippen molar-refractivity contribution in [2.24, 2.45) is 5.73 Å². The first-order chi connectivity index (χ1) is 10.2. The molecule has 0 aromatic carbocycles. The van der Waals surface area contributed by atoms with E-state index in [0.717, 1.165) is 13.0 Å². The normalized spacial score (nSPS) is 10.7. The molecule has 0 radical (unpaired) electrons. The van der Waals surface area contributed by atoms with E-state index in [-0.39, 0.29) is 0 Å². The number of nitrogens with zero attached hydrogens (tertiary/aromatic N) is 1. The number of hydrogen-bond donors (Lipinski definition) is 1. The van der Waals surface area contributed by atoms with E-state index in [9.17, 15) is 4.79 Å². The average molecular weight is 293 g/mol. The SMILES string of the molecule is CCCCCCCCCCOC[n+]1ccc(C(N)=O)cc1. The lowest BCUT2D eigenvalue weighted by atomic mass is 10.1. The van der Waals surface area contributed by atoms with Crippen LogP contribution in [0.5, 0.6) is 0 Å². The third-order valence-electron chi connectivity index (χ3n) is 3.56. The molecule has 4 heteroatoms. The van der Waals surface area contributed by atoms with Crippen LogP contribution in [0.25, 0.3) is 0 Å². The van der Waals surface area contributed by atoms with Crippen LogP contribution in [0, 0.1) is 0 Å². The second-order valence-corrected chi connectivity index (χ2v) is 5.48. The highest BCUT2D eigenvalue weighted by Crippen LogP contribution is 2.08. The molecule has 1 amide bonds. The van der Waals surface area contributed by atoms with Crippen molar-refractivity contribution in [1.82, 2.24) is 0 Å². The Hall–Kier alpha value is -1.42. The van der Waals surface area contributed by atoms with E-state index in [1.807, 2.05) is 17.0 Å². The minimum Gasteiger partial charge on any atom is -0.366 e. The number of ether oxygens (including phenoxy) is 1. The summed E-state index contributed by atoms with van der Waals surface area (Å²) in [5.74, 6) is -0.401. The van der Waals surface area contributed by atoms with Crippen LogP contribution in [0.15, 0.2) is 24.5 Å². The Kier molecular flexibility index (Phi) is 9.46. The van der Waals surface area contributed by atoms with Crippen molar-refractivity contribution < 1.29 is 14.1 Å². The van der Waals surface area contributed by atoms with Crippen molar-refractivity contribution in [2.75, 3.05) is 6.61 Å². The molecule has 4 nitrogen and oxygen atoms in total. The first-order valence-electron chi connectivity index (χ1n) is 8.10. The fourth-order valence-corrected chi connectivity index (χ4v) is 2.22. The summed E-state index contributed by atoms with van der Waals surface area (Å²) in [4.78, 5) is 10.9. The summed E-state index contributed by atoms with van der Waals surface area (Å²) in [7, 11) is 0. The zero-order chi connectivity index (χ0) is 15.3. The standard InChI is InChI=1S/C17H28N2O2/c1-2-3-4-5-6-7-8-9-14-21-15-19-12-10-16(11-13-19)17(18)20/h10-13H,2-9,14-15H2,1H3,(H-,18,20)/p+1. The molecule has 1 rings (SSSR count). The highest BCUT2D eigenvalue weighted by atomic mass is 16.5. The third-order valence-corrected chi connectivity index (χ3v) is 3.56. The second-order valence-electron chi connectivity index (χ2n) is 5.48. The van der Waals surface area contributed by atoms with Gasteiger partial charge in [-0.15, -0.1) is 0 Å². The third kappa shape index (κ3) is 8.45. The van der Waals surface area contributed by atoms with Gasteiger partial charge in [-0.25, -0.2) is 0 Å². The van der Waals surface area contributed by atoms with Crippen LogP contribution in [0.1, 0.15) is 68.6 Å². The highest BCUT2D eigenvalue weighted by Gasteiger charge is 2.04. The molecule has 0 spiro atoms. The van der Waals surface area contributed by atoms with Gasteiger partial charge in [-0.1, -0.05) is 51.9 Å². The van der Waals surface area contributed by atoms with Gasteiger partial charge in [-0.2, -0.15) is 4.57 Å². The number of aromatic nitrogens is 1. The fraction of sp³-hybridized carbons (Fsp3) is 0.647. The quantitative estimate of drug-likeness (QED) is 0.475. The smallest absolute Gasteiger partial charge is 0.252 e. The molecule has 1 aromatic rings. The molecule has 2 N–H and O–H groups in total. The number of pyridine rings is 1. The Morgan fingerprint density at radius 3 is 2.19 bits per heavy atom. The predicted molar refractivity (Wildman–Crippen MR) is 83.7 cm³/mol. The van der Waals surface area contributed by atoms with Gasteiger partial charge in [-0.3, -0.25) is 4.79 Å². The van der Waals surface area contributed by atoms with Gasteiger partial charge >= 0.3 is 0 Å². The number of primary amides is 1. The molecule has 21 heavy (non-hydrogen) atoms. The number of nitrogens with two attached hydrogens (primary N) is 1. The zero-order valence-electron chi connectivity index (χ0n) is 13.2. The molecule has 0 atom stereocenters. The van der Waals surface area contributed by atoms with Crippen molar-refractivity contribution in [3.63, 3.8) is 0 Å². The van der Waals surface area contributed by atoms with Crippen LogP contribution in [-0.2, 0) is 11.5 Å². The molecule has 0 saturated carbocycles. The largest absolute Gasteiger partial charge is 0.366 e. The second kappa shape index (κ2) is 11.3. The lowest BCUT2D eigenvalue weighted by Crippen LogP contribution is -2.34. The van der Waals surface area contributed by atoms with Crippen LogP contribution in [-0.4, -0.2) is 12.5 Å². The maximum absolute atomic E-state index is 10.9. The molecule has 0 aliphatic heterocycles. The maximum atomic E-state index is 10.9.